The van der Waals surface area contributed by atoms with Crippen molar-refractivity contribution in [3.8, 4) is 0 Å². The minimum atomic E-state index is 0.542. The standard InChI is InChI=1S/C17H30N4S/c1-6-18-17(19-10-16-13(4)20-14(5)22-16)21-15-8-11(2)7-12(3)9-15/h11-12,15H,6-10H2,1-5H3,(H2,18,19,21). The van der Waals surface area contributed by atoms with Crippen molar-refractivity contribution in [2.75, 3.05) is 6.54 Å². The van der Waals surface area contributed by atoms with E-state index in [9.17, 15) is 0 Å². The number of hydrogen-bond acceptors (Lipinski definition) is 3. The van der Waals surface area contributed by atoms with Crippen molar-refractivity contribution in [3.05, 3.63) is 15.6 Å². The van der Waals surface area contributed by atoms with Gasteiger partial charge in [0.2, 0.25) is 0 Å². The molecule has 4 nitrogen and oxygen atoms in total. The Kier molecular flexibility index (Phi) is 6.24. The van der Waals surface area contributed by atoms with Crippen molar-refractivity contribution in [1.29, 1.82) is 0 Å². The van der Waals surface area contributed by atoms with Gasteiger partial charge in [-0.3, -0.25) is 0 Å². The Labute approximate surface area is 138 Å². The molecular weight excluding hydrogens is 292 g/mol. The summed E-state index contributed by atoms with van der Waals surface area (Å²) < 4.78 is 0. The maximum atomic E-state index is 4.77. The molecule has 2 unspecified atom stereocenters. The minimum absolute atomic E-state index is 0.542. The Morgan fingerprint density at radius 1 is 1.23 bits per heavy atom. The third-order valence-electron chi connectivity index (χ3n) is 4.24. The first-order valence-corrected chi connectivity index (χ1v) is 9.27. The summed E-state index contributed by atoms with van der Waals surface area (Å²) in [7, 11) is 0. The predicted octanol–water partition coefficient (Wildman–Crippen LogP) is 3.64. The lowest BCUT2D eigenvalue weighted by Crippen LogP contribution is -2.46. The fourth-order valence-corrected chi connectivity index (χ4v) is 4.31. The van der Waals surface area contributed by atoms with Crippen molar-refractivity contribution >= 4 is 17.3 Å². The van der Waals surface area contributed by atoms with Gasteiger partial charge in [0, 0.05) is 17.5 Å². The molecular formula is C17H30N4S. The number of rotatable bonds is 4. The van der Waals surface area contributed by atoms with E-state index in [1.807, 2.05) is 0 Å². The topological polar surface area (TPSA) is 49.3 Å². The molecule has 0 saturated heterocycles. The number of aliphatic imine (C=N–C) groups is 1. The van der Waals surface area contributed by atoms with Crippen molar-refractivity contribution < 1.29 is 0 Å². The van der Waals surface area contributed by atoms with Gasteiger partial charge in [-0.25, -0.2) is 9.98 Å². The number of thiazole rings is 1. The summed E-state index contributed by atoms with van der Waals surface area (Å²) in [6, 6.07) is 0.542. The van der Waals surface area contributed by atoms with Gasteiger partial charge in [0.25, 0.3) is 0 Å². The number of aryl methyl sites for hydroxylation is 2. The quantitative estimate of drug-likeness (QED) is 0.657. The van der Waals surface area contributed by atoms with Crippen LogP contribution in [0.15, 0.2) is 4.99 Å². The first-order chi connectivity index (χ1) is 10.5. The van der Waals surface area contributed by atoms with Crippen LogP contribution in [0, 0.1) is 25.7 Å². The molecule has 1 aromatic heterocycles. The highest BCUT2D eigenvalue weighted by Gasteiger charge is 2.24. The molecule has 2 N–H and O–H groups in total. The summed E-state index contributed by atoms with van der Waals surface area (Å²) >= 11 is 1.75. The fraction of sp³-hybridized carbons (Fsp3) is 0.765. The van der Waals surface area contributed by atoms with Crippen LogP contribution in [-0.2, 0) is 6.54 Å². The van der Waals surface area contributed by atoms with E-state index in [2.05, 4.69) is 50.2 Å². The molecule has 0 aliphatic heterocycles. The zero-order valence-corrected chi connectivity index (χ0v) is 15.4. The minimum Gasteiger partial charge on any atom is -0.357 e. The van der Waals surface area contributed by atoms with Gasteiger partial charge in [-0.15, -0.1) is 11.3 Å². The van der Waals surface area contributed by atoms with E-state index >= 15 is 0 Å². The van der Waals surface area contributed by atoms with Crippen LogP contribution in [0.1, 0.15) is 55.6 Å². The predicted molar refractivity (Wildman–Crippen MR) is 95.5 cm³/mol. The number of nitrogens with one attached hydrogen (secondary N) is 2. The molecule has 1 heterocycles. The summed E-state index contributed by atoms with van der Waals surface area (Å²) in [4.78, 5) is 10.5. The van der Waals surface area contributed by atoms with Gasteiger partial charge in [-0.05, 0) is 51.9 Å². The van der Waals surface area contributed by atoms with Crippen LogP contribution >= 0.6 is 11.3 Å². The first-order valence-electron chi connectivity index (χ1n) is 8.45. The van der Waals surface area contributed by atoms with Gasteiger partial charge in [0.05, 0.1) is 17.2 Å². The Morgan fingerprint density at radius 2 is 1.91 bits per heavy atom. The lowest BCUT2D eigenvalue weighted by atomic mass is 9.80. The molecule has 0 radical (unpaired) electrons. The second kappa shape index (κ2) is 7.95. The molecule has 2 atom stereocenters. The van der Waals surface area contributed by atoms with Gasteiger partial charge in [0.15, 0.2) is 5.96 Å². The molecule has 1 aliphatic rings. The summed E-state index contributed by atoms with van der Waals surface area (Å²) in [5, 5.41) is 8.14. The van der Waals surface area contributed by atoms with Gasteiger partial charge in [-0.1, -0.05) is 13.8 Å². The van der Waals surface area contributed by atoms with E-state index in [4.69, 9.17) is 4.99 Å². The van der Waals surface area contributed by atoms with Gasteiger partial charge in [0.1, 0.15) is 0 Å². The van der Waals surface area contributed by atoms with Crippen molar-refractivity contribution in [3.63, 3.8) is 0 Å². The summed E-state index contributed by atoms with van der Waals surface area (Å²) in [5.74, 6) is 2.55. The lowest BCUT2D eigenvalue weighted by Gasteiger charge is -2.32. The van der Waals surface area contributed by atoms with E-state index in [1.165, 1.54) is 24.1 Å². The molecule has 1 aromatic rings. The SMILES string of the molecule is CCNC(=NCc1sc(C)nc1C)NC1CC(C)CC(C)C1. The lowest BCUT2D eigenvalue weighted by molar-refractivity contribution is 0.255. The summed E-state index contributed by atoms with van der Waals surface area (Å²) in [6.45, 7) is 12.6. The summed E-state index contributed by atoms with van der Waals surface area (Å²) in [6.07, 6.45) is 3.84. The maximum Gasteiger partial charge on any atom is 0.191 e. The first kappa shape index (κ1) is 17.3. The Morgan fingerprint density at radius 3 is 2.45 bits per heavy atom. The molecule has 22 heavy (non-hydrogen) atoms. The second-order valence-corrected chi connectivity index (χ2v) is 7.98. The van der Waals surface area contributed by atoms with Crippen LogP contribution in [-0.4, -0.2) is 23.5 Å². The van der Waals surface area contributed by atoms with Crippen molar-refractivity contribution in [2.24, 2.45) is 16.8 Å². The molecule has 1 saturated carbocycles. The Bertz CT molecular complexity index is 499. The third kappa shape index (κ3) is 4.97. The molecule has 1 fully saturated rings. The Hall–Kier alpha value is -1.10. The number of aromatic nitrogens is 1. The molecule has 0 amide bonds. The van der Waals surface area contributed by atoms with Crippen LogP contribution in [0.4, 0.5) is 0 Å². The average molecular weight is 323 g/mol. The van der Waals surface area contributed by atoms with Gasteiger partial charge >= 0.3 is 0 Å². The maximum absolute atomic E-state index is 4.77. The normalized spacial score (nSPS) is 26.0. The van der Waals surface area contributed by atoms with E-state index in [1.54, 1.807) is 11.3 Å². The van der Waals surface area contributed by atoms with E-state index in [0.717, 1.165) is 35.0 Å². The van der Waals surface area contributed by atoms with E-state index < -0.39 is 0 Å². The van der Waals surface area contributed by atoms with E-state index in [0.29, 0.717) is 12.6 Å². The molecule has 2 rings (SSSR count). The second-order valence-electron chi connectivity index (χ2n) is 6.70. The fourth-order valence-electron chi connectivity index (χ4n) is 3.45. The molecule has 0 aromatic carbocycles. The van der Waals surface area contributed by atoms with Gasteiger partial charge < -0.3 is 10.6 Å². The number of nitrogens with zero attached hydrogens (tertiary/aromatic N) is 2. The average Bonchev–Trinajstić information content (AvgIpc) is 2.73. The van der Waals surface area contributed by atoms with Crippen LogP contribution in [0.25, 0.3) is 0 Å². The monoisotopic (exact) mass is 322 g/mol. The Balaban J connectivity index is 1.99. The van der Waals surface area contributed by atoms with Crippen LogP contribution < -0.4 is 10.6 Å². The number of guanidine groups is 1. The smallest absolute Gasteiger partial charge is 0.191 e. The molecule has 124 valence electrons. The molecule has 0 bridgehead atoms. The highest BCUT2D eigenvalue weighted by atomic mass is 32.1. The van der Waals surface area contributed by atoms with Crippen LogP contribution in [0.2, 0.25) is 0 Å². The number of hydrogen-bond donors (Lipinski definition) is 2. The molecule has 0 spiro atoms. The summed E-state index contributed by atoms with van der Waals surface area (Å²) in [5.41, 5.74) is 1.11. The highest BCUT2D eigenvalue weighted by Crippen LogP contribution is 2.28. The van der Waals surface area contributed by atoms with Gasteiger partial charge in [-0.2, -0.15) is 0 Å². The molecule has 1 aliphatic carbocycles. The largest absolute Gasteiger partial charge is 0.357 e. The highest BCUT2D eigenvalue weighted by molar-refractivity contribution is 7.11. The van der Waals surface area contributed by atoms with Crippen molar-refractivity contribution in [2.45, 2.75) is 66.5 Å². The molecule has 5 heteroatoms. The third-order valence-corrected chi connectivity index (χ3v) is 5.30. The van der Waals surface area contributed by atoms with Crippen LogP contribution in [0.5, 0.6) is 0 Å². The zero-order chi connectivity index (χ0) is 16.1. The zero-order valence-electron chi connectivity index (χ0n) is 14.6. The van der Waals surface area contributed by atoms with E-state index in [-0.39, 0.29) is 0 Å². The van der Waals surface area contributed by atoms with Crippen LogP contribution in [0.3, 0.4) is 0 Å². The van der Waals surface area contributed by atoms with Crippen molar-refractivity contribution in [1.82, 2.24) is 15.6 Å².